The number of rotatable bonds is 4. The Bertz CT molecular complexity index is 1260. The van der Waals surface area contributed by atoms with Gasteiger partial charge in [-0.2, -0.15) is 0 Å². The normalized spacial score (nSPS) is 19.8. The number of hydrogen-bond donors (Lipinski definition) is 0. The molecule has 1 saturated heterocycles. The monoisotopic (exact) mass is 471 g/mol. The SMILES string of the molecule is Cc1cc(=O)oc2cc(OC/C=C3\Oc4c(Cl)cc(Cl)cc4[C@@H]3N3CCCCC3)ccc12. The lowest BCUT2D eigenvalue weighted by Gasteiger charge is -2.32. The molecule has 0 unspecified atom stereocenters. The molecular weight excluding hydrogens is 449 g/mol. The minimum Gasteiger partial charge on any atom is -0.489 e. The molecule has 0 bridgehead atoms. The fourth-order valence-electron chi connectivity index (χ4n) is 4.54. The number of aryl methyl sites for hydroxylation is 1. The Kier molecular flexibility index (Phi) is 5.89. The number of ether oxygens (including phenoxy) is 2. The van der Waals surface area contributed by atoms with Crippen LogP contribution in [0.25, 0.3) is 11.0 Å². The first kappa shape index (κ1) is 21.4. The molecule has 7 heteroatoms. The van der Waals surface area contributed by atoms with Crippen molar-refractivity contribution in [3.05, 3.63) is 79.8 Å². The highest BCUT2D eigenvalue weighted by atomic mass is 35.5. The lowest BCUT2D eigenvalue weighted by molar-refractivity contribution is 0.170. The van der Waals surface area contributed by atoms with E-state index in [1.165, 1.54) is 12.5 Å². The Morgan fingerprint density at radius 3 is 2.75 bits per heavy atom. The topological polar surface area (TPSA) is 51.9 Å². The standard InChI is InChI=1S/C25H23Cl2NO4/c1-15-11-23(29)31-22-14-17(5-6-18(15)22)30-10-7-21-24(28-8-3-2-4-9-28)19-12-16(26)13-20(27)25(19)32-21/h5-7,11-14,24H,2-4,8-10H2,1H3/b21-7-/t24-/m0/s1. The van der Waals surface area contributed by atoms with E-state index in [2.05, 4.69) is 4.90 Å². The van der Waals surface area contributed by atoms with Crippen molar-refractivity contribution in [3.63, 3.8) is 0 Å². The van der Waals surface area contributed by atoms with Crippen LogP contribution >= 0.6 is 23.2 Å². The first-order valence-electron chi connectivity index (χ1n) is 10.8. The van der Waals surface area contributed by atoms with Gasteiger partial charge in [-0.3, -0.25) is 4.90 Å². The molecule has 0 amide bonds. The summed E-state index contributed by atoms with van der Waals surface area (Å²) in [5, 5.41) is 2.00. The maximum Gasteiger partial charge on any atom is 0.336 e. The van der Waals surface area contributed by atoms with Crippen LogP contribution in [0.5, 0.6) is 11.5 Å². The fourth-order valence-corrected chi connectivity index (χ4v) is 5.09. The molecule has 3 aromatic rings. The van der Waals surface area contributed by atoms with Crippen LogP contribution in [-0.2, 0) is 0 Å². The van der Waals surface area contributed by atoms with Gasteiger partial charge in [0.2, 0.25) is 0 Å². The van der Waals surface area contributed by atoms with Gasteiger partial charge in [-0.1, -0.05) is 29.6 Å². The van der Waals surface area contributed by atoms with Gasteiger partial charge in [0, 0.05) is 28.1 Å². The molecule has 0 aliphatic carbocycles. The van der Waals surface area contributed by atoms with E-state index in [0.29, 0.717) is 33.7 Å². The van der Waals surface area contributed by atoms with E-state index >= 15 is 0 Å². The highest BCUT2D eigenvalue weighted by Crippen LogP contribution is 2.48. The molecule has 2 aliphatic rings. The zero-order valence-corrected chi connectivity index (χ0v) is 19.2. The van der Waals surface area contributed by atoms with Gasteiger partial charge in [0.15, 0.2) is 5.75 Å². The minimum atomic E-state index is -0.369. The molecule has 166 valence electrons. The van der Waals surface area contributed by atoms with Crippen molar-refractivity contribution in [2.45, 2.75) is 32.2 Å². The van der Waals surface area contributed by atoms with Gasteiger partial charge in [-0.15, -0.1) is 0 Å². The molecule has 0 N–H and O–H groups in total. The van der Waals surface area contributed by atoms with Gasteiger partial charge in [0.25, 0.3) is 0 Å². The summed E-state index contributed by atoms with van der Waals surface area (Å²) >= 11 is 12.7. The molecule has 2 aliphatic heterocycles. The van der Waals surface area contributed by atoms with Gasteiger partial charge in [0.05, 0.1) is 11.1 Å². The van der Waals surface area contributed by atoms with Crippen LogP contribution < -0.4 is 15.1 Å². The third-order valence-electron chi connectivity index (χ3n) is 6.03. The van der Waals surface area contributed by atoms with E-state index in [1.54, 1.807) is 12.1 Å². The molecule has 1 atom stereocenters. The zero-order valence-electron chi connectivity index (χ0n) is 17.7. The van der Waals surface area contributed by atoms with Crippen LogP contribution in [0, 0.1) is 6.92 Å². The number of nitrogens with zero attached hydrogens (tertiary/aromatic N) is 1. The van der Waals surface area contributed by atoms with Crippen LogP contribution in [0.1, 0.15) is 36.4 Å². The van der Waals surface area contributed by atoms with Gasteiger partial charge >= 0.3 is 5.63 Å². The molecule has 5 nitrogen and oxygen atoms in total. The lowest BCUT2D eigenvalue weighted by Crippen LogP contribution is -2.34. The Balaban J connectivity index is 1.40. The molecule has 0 spiro atoms. The maximum absolute atomic E-state index is 11.7. The predicted molar refractivity (Wildman–Crippen MR) is 126 cm³/mol. The average Bonchev–Trinajstić information content (AvgIpc) is 3.12. The van der Waals surface area contributed by atoms with Crippen LogP contribution in [0.15, 0.2) is 57.4 Å². The van der Waals surface area contributed by atoms with Crippen molar-refractivity contribution in [1.82, 2.24) is 4.90 Å². The Morgan fingerprint density at radius 2 is 1.94 bits per heavy atom. The van der Waals surface area contributed by atoms with Gasteiger partial charge < -0.3 is 13.9 Å². The lowest BCUT2D eigenvalue weighted by atomic mass is 10.0. The average molecular weight is 472 g/mol. The van der Waals surface area contributed by atoms with Crippen molar-refractivity contribution in [1.29, 1.82) is 0 Å². The summed E-state index contributed by atoms with van der Waals surface area (Å²) in [6, 6.07) is 10.6. The number of fused-ring (bicyclic) bond motifs is 2. The van der Waals surface area contributed by atoms with E-state index in [1.807, 2.05) is 31.2 Å². The number of halogens is 2. The molecule has 32 heavy (non-hydrogen) atoms. The van der Waals surface area contributed by atoms with Crippen molar-refractivity contribution >= 4 is 34.2 Å². The quantitative estimate of drug-likeness (QED) is 0.418. The molecule has 0 saturated carbocycles. The first-order valence-corrected chi connectivity index (χ1v) is 11.5. The summed E-state index contributed by atoms with van der Waals surface area (Å²) < 4.78 is 17.5. The van der Waals surface area contributed by atoms with Gasteiger partial charge in [-0.25, -0.2) is 4.79 Å². The van der Waals surface area contributed by atoms with E-state index in [4.69, 9.17) is 37.1 Å². The van der Waals surface area contributed by atoms with Crippen molar-refractivity contribution in [2.75, 3.05) is 19.7 Å². The maximum atomic E-state index is 11.7. The summed E-state index contributed by atoms with van der Waals surface area (Å²) in [5.41, 5.74) is 2.02. The van der Waals surface area contributed by atoms with Crippen LogP contribution in [0.2, 0.25) is 10.0 Å². The summed E-state index contributed by atoms with van der Waals surface area (Å²) in [5.74, 6) is 2.09. The molecule has 3 heterocycles. The fraction of sp³-hybridized carbons (Fsp3) is 0.320. The smallest absolute Gasteiger partial charge is 0.336 e. The van der Waals surface area contributed by atoms with Crippen molar-refractivity contribution in [2.24, 2.45) is 0 Å². The number of piperidine rings is 1. The van der Waals surface area contributed by atoms with Crippen molar-refractivity contribution in [3.8, 4) is 11.5 Å². The number of hydrogen-bond acceptors (Lipinski definition) is 5. The highest BCUT2D eigenvalue weighted by molar-refractivity contribution is 6.35. The Hall–Kier alpha value is -2.47. The van der Waals surface area contributed by atoms with E-state index < -0.39 is 0 Å². The molecule has 1 fully saturated rings. The highest BCUT2D eigenvalue weighted by Gasteiger charge is 2.36. The molecular formula is C25H23Cl2NO4. The van der Waals surface area contributed by atoms with E-state index in [0.717, 1.165) is 48.2 Å². The molecule has 0 radical (unpaired) electrons. The summed E-state index contributed by atoms with van der Waals surface area (Å²) in [4.78, 5) is 14.1. The first-order chi connectivity index (χ1) is 15.5. The van der Waals surface area contributed by atoms with Crippen LogP contribution in [-0.4, -0.2) is 24.6 Å². The number of likely N-dealkylation sites (tertiary alicyclic amines) is 1. The second-order valence-corrected chi connectivity index (χ2v) is 9.07. The van der Waals surface area contributed by atoms with Gasteiger partial charge in [0.1, 0.15) is 23.7 Å². The zero-order chi connectivity index (χ0) is 22.2. The second kappa shape index (κ2) is 8.81. The van der Waals surface area contributed by atoms with Gasteiger partial charge in [-0.05, 0) is 68.8 Å². The summed E-state index contributed by atoms with van der Waals surface area (Å²) in [6.45, 7) is 4.19. The number of benzene rings is 2. The molecule has 2 aromatic carbocycles. The van der Waals surface area contributed by atoms with Crippen molar-refractivity contribution < 1.29 is 13.9 Å². The summed E-state index contributed by atoms with van der Waals surface area (Å²) in [6.07, 6.45) is 5.50. The second-order valence-electron chi connectivity index (χ2n) is 8.23. The molecule has 1 aromatic heterocycles. The largest absolute Gasteiger partial charge is 0.489 e. The Morgan fingerprint density at radius 1 is 1.12 bits per heavy atom. The Labute approximate surface area is 196 Å². The summed E-state index contributed by atoms with van der Waals surface area (Å²) in [7, 11) is 0. The third-order valence-corrected chi connectivity index (χ3v) is 6.53. The molecule has 5 rings (SSSR count). The van der Waals surface area contributed by atoms with Crippen LogP contribution in [0.4, 0.5) is 0 Å². The van der Waals surface area contributed by atoms with E-state index in [-0.39, 0.29) is 11.7 Å². The van der Waals surface area contributed by atoms with E-state index in [9.17, 15) is 4.79 Å². The van der Waals surface area contributed by atoms with Crippen LogP contribution in [0.3, 0.4) is 0 Å². The third kappa shape index (κ3) is 4.13. The predicted octanol–water partition coefficient (Wildman–Crippen LogP) is 6.29. The minimum absolute atomic E-state index is 0.0256.